The van der Waals surface area contributed by atoms with Crippen LogP contribution < -0.4 is 10.6 Å². The molecule has 1 aromatic heterocycles. The number of aromatic nitrogens is 2. The largest absolute Gasteiger partial charge is 0.465 e. The molecule has 0 unspecified atom stereocenters. The van der Waals surface area contributed by atoms with E-state index >= 15 is 0 Å². The summed E-state index contributed by atoms with van der Waals surface area (Å²) < 4.78 is 6.14. The molecule has 0 aliphatic heterocycles. The summed E-state index contributed by atoms with van der Waals surface area (Å²) in [5.41, 5.74) is 6.75. The molecule has 112 valence electrons. The molecule has 0 spiro atoms. The number of hydrogen-bond acceptors (Lipinski definition) is 5. The van der Waals surface area contributed by atoms with E-state index in [-0.39, 0.29) is 11.4 Å². The molecule has 1 aromatic carbocycles. The van der Waals surface area contributed by atoms with Crippen molar-refractivity contribution in [2.75, 3.05) is 31.8 Å². The van der Waals surface area contributed by atoms with Crippen LogP contribution in [0.25, 0.3) is 5.69 Å². The zero-order valence-electron chi connectivity index (χ0n) is 11.7. The van der Waals surface area contributed by atoms with E-state index < -0.39 is 5.97 Å². The van der Waals surface area contributed by atoms with Gasteiger partial charge in [0.1, 0.15) is 11.4 Å². The predicted molar refractivity (Wildman–Crippen MR) is 83.7 cm³/mol. The molecule has 0 bridgehead atoms. The summed E-state index contributed by atoms with van der Waals surface area (Å²) in [6.45, 7) is 0. The minimum Gasteiger partial charge on any atom is -0.465 e. The van der Waals surface area contributed by atoms with Gasteiger partial charge >= 0.3 is 5.97 Å². The van der Waals surface area contributed by atoms with E-state index in [1.807, 2.05) is 0 Å². The molecule has 0 fully saturated rings. The number of hydrogen-bond donors (Lipinski definition) is 1. The third kappa shape index (κ3) is 2.77. The van der Waals surface area contributed by atoms with Crippen LogP contribution in [-0.4, -0.2) is 37.0 Å². The van der Waals surface area contributed by atoms with Gasteiger partial charge in [0.05, 0.1) is 17.8 Å². The Hall–Kier alpha value is -1.92. The Morgan fingerprint density at radius 3 is 2.57 bits per heavy atom. The van der Waals surface area contributed by atoms with E-state index in [1.54, 1.807) is 37.2 Å². The van der Waals surface area contributed by atoms with Crippen LogP contribution in [0.2, 0.25) is 10.0 Å². The van der Waals surface area contributed by atoms with Crippen molar-refractivity contribution in [2.45, 2.75) is 0 Å². The van der Waals surface area contributed by atoms with Gasteiger partial charge < -0.3 is 15.4 Å². The highest BCUT2D eigenvalue weighted by Gasteiger charge is 2.25. The highest BCUT2D eigenvalue weighted by atomic mass is 35.5. The fraction of sp³-hybridized carbons (Fsp3) is 0.231. The minimum atomic E-state index is -0.562. The van der Waals surface area contributed by atoms with Crippen molar-refractivity contribution in [3.8, 4) is 5.69 Å². The number of esters is 1. The predicted octanol–water partition coefficient (Wildman–Crippen LogP) is 2.61. The zero-order chi connectivity index (χ0) is 15.7. The molecule has 0 atom stereocenters. The highest BCUT2D eigenvalue weighted by molar-refractivity contribution is 6.35. The molecule has 6 nitrogen and oxygen atoms in total. The van der Waals surface area contributed by atoms with Crippen molar-refractivity contribution in [2.24, 2.45) is 0 Å². The molecule has 8 heteroatoms. The van der Waals surface area contributed by atoms with Crippen LogP contribution in [0.4, 0.5) is 11.6 Å². The second-order valence-electron chi connectivity index (χ2n) is 4.48. The number of carbonyl (C=O) groups is 1. The number of halogens is 2. The zero-order valence-corrected chi connectivity index (χ0v) is 13.2. The van der Waals surface area contributed by atoms with E-state index in [0.29, 0.717) is 21.6 Å². The van der Waals surface area contributed by atoms with E-state index in [9.17, 15) is 4.79 Å². The van der Waals surface area contributed by atoms with Crippen LogP contribution in [0.15, 0.2) is 18.2 Å². The summed E-state index contributed by atoms with van der Waals surface area (Å²) in [6, 6.07) is 4.91. The molecule has 2 rings (SSSR count). The number of ether oxygens (including phenoxy) is 1. The molecule has 0 radical (unpaired) electrons. The molecule has 0 saturated heterocycles. The SMILES string of the molecule is COC(=O)c1c(N(C)C)nn(-c2ccc(Cl)cc2Cl)c1N. The monoisotopic (exact) mass is 328 g/mol. The first-order valence-corrected chi connectivity index (χ1v) is 6.72. The Bertz CT molecular complexity index is 698. The minimum absolute atomic E-state index is 0.148. The standard InChI is InChI=1S/C13H14Cl2N4O2/c1-18(2)12-10(13(20)21-3)11(16)19(17-12)9-5-4-7(14)6-8(9)15/h4-6H,16H2,1-3H3. The molecule has 1 heterocycles. The lowest BCUT2D eigenvalue weighted by atomic mass is 10.2. The molecular formula is C13H14Cl2N4O2. The Kier molecular flexibility index (Phi) is 4.29. The van der Waals surface area contributed by atoms with Crippen LogP contribution in [0.3, 0.4) is 0 Å². The van der Waals surface area contributed by atoms with Gasteiger partial charge in [-0.25, -0.2) is 9.48 Å². The highest BCUT2D eigenvalue weighted by Crippen LogP contribution is 2.31. The van der Waals surface area contributed by atoms with Gasteiger partial charge in [-0.05, 0) is 18.2 Å². The average molecular weight is 329 g/mol. The molecule has 21 heavy (non-hydrogen) atoms. The normalized spacial score (nSPS) is 10.5. The Labute approximate surface area is 132 Å². The van der Waals surface area contributed by atoms with Gasteiger partial charge in [0.2, 0.25) is 0 Å². The van der Waals surface area contributed by atoms with Gasteiger partial charge in [-0.15, -0.1) is 5.10 Å². The molecule has 2 aromatic rings. The second kappa shape index (κ2) is 5.83. The molecule has 0 saturated carbocycles. The number of methoxy groups -OCH3 is 1. The van der Waals surface area contributed by atoms with E-state index in [2.05, 4.69) is 5.10 Å². The summed E-state index contributed by atoms with van der Waals surface area (Å²) in [6.07, 6.45) is 0. The smallest absolute Gasteiger partial charge is 0.345 e. The first kappa shape index (κ1) is 15.5. The summed E-state index contributed by atoms with van der Waals surface area (Å²) in [4.78, 5) is 13.6. The maximum absolute atomic E-state index is 11.9. The number of nitrogen functional groups attached to an aromatic ring is 1. The quantitative estimate of drug-likeness (QED) is 0.876. The van der Waals surface area contributed by atoms with Crippen molar-refractivity contribution in [3.05, 3.63) is 33.8 Å². The van der Waals surface area contributed by atoms with Gasteiger partial charge in [-0.3, -0.25) is 0 Å². The third-order valence-electron chi connectivity index (χ3n) is 2.85. The first-order valence-electron chi connectivity index (χ1n) is 5.96. The number of benzene rings is 1. The van der Waals surface area contributed by atoms with Crippen LogP contribution >= 0.6 is 23.2 Å². The van der Waals surface area contributed by atoms with E-state index in [1.165, 1.54) is 11.8 Å². The molecule has 0 amide bonds. The molecule has 0 aliphatic rings. The maximum Gasteiger partial charge on any atom is 0.345 e. The van der Waals surface area contributed by atoms with Crippen molar-refractivity contribution < 1.29 is 9.53 Å². The lowest BCUT2D eigenvalue weighted by Crippen LogP contribution is -2.14. The average Bonchev–Trinajstić information content (AvgIpc) is 2.76. The van der Waals surface area contributed by atoms with Crippen molar-refractivity contribution >= 4 is 40.8 Å². The van der Waals surface area contributed by atoms with Gasteiger partial charge in [0, 0.05) is 19.1 Å². The number of carbonyl (C=O) groups excluding carboxylic acids is 1. The molecular weight excluding hydrogens is 315 g/mol. The van der Waals surface area contributed by atoms with Crippen molar-refractivity contribution in [1.82, 2.24) is 9.78 Å². The number of rotatable bonds is 3. The number of nitrogens with two attached hydrogens (primary N) is 1. The lowest BCUT2D eigenvalue weighted by Gasteiger charge is -2.09. The van der Waals surface area contributed by atoms with Crippen LogP contribution in [0, 0.1) is 0 Å². The third-order valence-corrected chi connectivity index (χ3v) is 3.39. The summed E-state index contributed by atoms with van der Waals surface area (Å²) in [5, 5.41) is 5.20. The lowest BCUT2D eigenvalue weighted by molar-refractivity contribution is 0.0602. The van der Waals surface area contributed by atoms with Gasteiger partial charge in [0.25, 0.3) is 0 Å². The second-order valence-corrected chi connectivity index (χ2v) is 5.32. The van der Waals surface area contributed by atoms with Gasteiger partial charge in [0.15, 0.2) is 5.82 Å². The van der Waals surface area contributed by atoms with Gasteiger partial charge in [-0.1, -0.05) is 23.2 Å². The topological polar surface area (TPSA) is 73.4 Å². The molecule has 0 aliphatic carbocycles. The van der Waals surface area contributed by atoms with E-state index in [4.69, 9.17) is 33.7 Å². The van der Waals surface area contributed by atoms with E-state index in [0.717, 1.165) is 0 Å². The van der Waals surface area contributed by atoms with Crippen molar-refractivity contribution in [3.63, 3.8) is 0 Å². The number of anilines is 2. The fourth-order valence-electron chi connectivity index (χ4n) is 1.87. The van der Waals surface area contributed by atoms with Crippen LogP contribution in [-0.2, 0) is 4.74 Å². The first-order chi connectivity index (χ1) is 9.86. The Morgan fingerprint density at radius 2 is 2.05 bits per heavy atom. The van der Waals surface area contributed by atoms with Crippen LogP contribution in [0.1, 0.15) is 10.4 Å². The van der Waals surface area contributed by atoms with Gasteiger partial charge in [-0.2, -0.15) is 0 Å². The van der Waals surface area contributed by atoms with Crippen molar-refractivity contribution in [1.29, 1.82) is 0 Å². The summed E-state index contributed by atoms with van der Waals surface area (Å²) in [7, 11) is 4.79. The molecule has 2 N–H and O–H groups in total. The fourth-order valence-corrected chi connectivity index (χ4v) is 2.36. The Balaban J connectivity index is 2.68. The summed E-state index contributed by atoms with van der Waals surface area (Å²) in [5.74, 6) is -0.0207. The Morgan fingerprint density at radius 1 is 1.38 bits per heavy atom. The number of nitrogens with zero attached hydrogens (tertiary/aromatic N) is 3. The van der Waals surface area contributed by atoms with Crippen LogP contribution in [0.5, 0.6) is 0 Å². The maximum atomic E-state index is 11.9. The summed E-state index contributed by atoms with van der Waals surface area (Å²) >= 11 is 12.0.